The van der Waals surface area contributed by atoms with E-state index in [0.717, 1.165) is 37.6 Å². The second kappa shape index (κ2) is 8.11. The smallest absolute Gasteiger partial charge is 0.122 e. The number of benzene rings is 2. The van der Waals surface area contributed by atoms with Crippen molar-refractivity contribution in [1.82, 2.24) is 9.47 Å². The lowest BCUT2D eigenvalue weighted by Crippen LogP contribution is -2.29. The van der Waals surface area contributed by atoms with Crippen molar-refractivity contribution < 1.29 is 9.47 Å². The van der Waals surface area contributed by atoms with E-state index in [1.807, 2.05) is 6.07 Å². The number of aryl methyl sites for hydroxylation is 2. The number of hydrogen-bond donors (Lipinski definition) is 0. The molecule has 146 valence electrons. The minimum atomic E-state index is 0.232. The summed E-state index contributed by atoms with van der Waals surface area (Å²) in [5, 5.41) is 0. The van der Waals surface area contributed by atoms with Crippen molar-refractivity contribution in [1.29, 1.82) is 0 Å². The van der Waals surface area contributed by atoms with Gasteiger partial charge in [0.05, 0.1) is 20.3 Å². The van der Waals surface area contributed by atoms with Gasteiger partial charge in [-0.25, -0.2) is 0 Å². The van der Waals surface area contributed by atoms with E-state index in [1.54, 1.807) is 14.2 Å². The zero-order valence-corrected chi connectivity index (χ0v) is 16.9. The van der Waals surface area contributed by atoms with Gasteiger partial charge in [-0.2, -0.15) is 0 Å². The van der Waals surface area contributed by atoms with Gasteiger partial charge >= 0.3 is 0 Å². The molecule has 28 heavy (non-hydrogen) atoms. The zero-order valence-electron chi connectivity index (χ0n) is 16.9. The van der Waals surface area contributed by atoms with E-state index in [9.17, 15) is 0 Å². The fourth-order valence-corrected chi connectivity index (χ4v) is 4.13. The molecule has 3 aromatic rings. The Hall–Kier alpha value is -2.72. The Balaban J connectivity index is 1.72. The quantitative estimate of drug-likeness (QED) is 0.639. The Kier molecular flexibility index (Phi) is 5.40. The summed E-state index contributed by atoms with van der Waals surface area (Å²) in [6, 6.07) is 19.7. The zero-order chi connectivity index (χ0) is 19.5. The summed E-state index contributed by atoms with van der Waals surface area (Å²) in [7, 11) is 3.40. The normalized spacial score (nSPS) is 17.0. The number of nitrogens with zero attached hydrogens (tertiary/aromatic N) is 2. The number of rotatable bonds is 5. The molecule has 0 aliphatic carbocycles. The van der Waals surface area contributed by atoms with Gasteiger partial charge in [0.15, 0.2) is 0 Å². The highest BCUT2D eigenvalue weighted by molar-refractivity contribution is 5.39. The minimum absolute atomic E-state index is 0.232. The average molecular weight is 377 g/mol. The van der Waals surface area contributed by atoms with Crippen LogP contribution in [0.1, 0.15) is 34.8 Å². The lowest BCUT2D eigenvalue weighted by atomic mass is 10.00. The van der Waals surface area contributed by atoms with Crippen molar-refractivity contribution in [2.45, 2.75) is 32.5 Å². The second-order valence-electron chi connectivity index (χ2n) is 7.48. The third-order valence-corrected chi connectivity index (χ3v) is 5.54. The van der Waals surface area contributed by atoms with Crippen molar-refractivity contribution >= 4 is 0 Å². The predicted octanol–water partition coefficient (Wildman–Crippen LogP) is 4.81. The SMILES string of the molecule is COc1cc(CN2CCCn3cccc3[C@@H]2c2ccc(C)cc2)cc(OC)c1. The summed E-state index contributed by atoms with van der Waals surface area (Å²) in [4.78, 5) is 2.57. The van der Waals surface area contributed by atoms with Gasteiger partial charge in [-0.15, -0.1) is 0 Å². The molecule has 2 heterocycles. The van der Waals surface area contributed by atoms with Crippen LogP contribution in [0.2, 0.25) is 0 Å². The molecular weight excluding hydrogens is 348 g/mol. The maximum atomic E-state index is 5.48. The van der Waals surface area contributed by atoms with Crippen molar-refractivity contribution in [3.05, 3.63) is 83.2 Å². The topological polar surface area (TPSA) is 26.6 Å². The maximum Gasteiger partial charge on any atom is 0.122 e. The number of aromatic nitrogens is 1. The van der Waals surface area contributed by atoms with Gasteiger partial charge in [0.2, 0.25) is 0 Å². The molecule has 4 rings (SSSR count). The molecule has 0 spiro atoms. The van der Waals surface area contributed by atoms with Crippen molar-refractivity contribution in [3.63, 3.8) is 0 Å². The summed E-state index contributed by atoms with van der Waals surface area (Å²) in [6.07, 6.45) is 3.33. The first-order valence-corrected chi connectivity index (χ1v) is 9.85. The molecular formula is C24H28N2O2. The molecule has 0 saturated carbocycles. The van der Waals surface area contributed by atoms with Crippen molar-refractivity contribution in [3.8, 4) is 11.5 Å². The summed E-state index contributed by atoms with van der Waals surface area (Å²) < 4.78 is 13.4. The Morgan fingerprint density at radius 1 is 0.929 bits per heavy atom. The first kappa shape index (κ1) is 18.6. The lowest BCUT2D eigenvalue weighted by Gasteiger charge is -2.31. The van der Waals surface area contributed by atoms with E-state index >= 15 is 0 Å². The van der Waals surface area contributed by atoms with Crippen LogP contribution in [-0.2, 0) is 13.1 Å². The number of ether oxygens (including phenoxy) is 2. The highest BCUT2D eigenvalue weighted by Crippen LogP contribution is 2.34. The number of fused-ring (bicyclic) bond motifs is 1. The molecule has 2 aromatic carbocycles. The van der Waals surface area contributed by atoms with E-state index in [4.69, 9.17) is 9.47 Å². The van der Waals surface area contributed by atoms with Crippen molar-refractivity contribution in [2.75, 3.05) is 20.8 Å². The fourth-order valence-electron chi connectivity index (χ4n) is 4.13. The van der Waals surface area contributed by atoms with Gasteiger partial charge in [-0.3, -0.25) is 4.90 Å². The van der Waals surface area contributed by atoms with Gasteiger partial charge in [-0.1, -0.05) is 29.8 Å². The van der Waals surface area contributed by atoms with Crippen LogP contribution in [0.25, 0.3) is 0 Å². The molecule has 1 atom stereocenters. The van der Waals surface area contributed by atoms with Gasteiger partial charge in [-0.05, 0) is 48.7 Å². The highest BCUT2D eigenvalue weighted by atomic mass is 16.5. The molecule has 0 bridgehead atoms. The standard InChI is InChI=1S/C24H28N2O2/c1-18-7-9-20(10-8-18)24-23-6-4-11-25(23)12-5-13-26(24)17-19-14-21(27-2)16-22(15-19)28-3/h4,6-11,14-16,24H,5,12-13,17H2,1-3H3/t24-/m0/s1. The third kappa shape index (κ3) is 3.78. The van der Waals surface area contributed by atoms with Gasteiger partial charge < -0.3 is 14.0 Å². The largest absolute Gasteiger partial charge is 0.497 e. The van der Waals surface area contributed by atoms with Crippen LogP contribution in [0.4, 0.5) is 0 Å². The van der Waals surface area contributed by atoms with E-state index in [1.165, 1.54) is 22.4 Å². The first-order valence-electron chi connectivity index (χ1n) is 9.85. The Morgan fingerprint density at radius 3 is 2.32 bits per heavy atom. The molecule has 4 heteroatoms. The maximum absolute atomic E-state index is 5.48. The molecule has 0 saturated heterocycles. The molecule has 0 fully saturated rings. The monoisotopic (exact) mass is 376 g/mol. The molecule has 0 unspecified atom stereocenters. The molecule has 0 amide bonds. The summed E-state index contributed by atoms with van der Waals surface area (Å²) in [5.74, 6) is 1.67. The first-order chi connectivity index (χ1) is 13.7. The number of methoxy groups -OCH3 is 2. The predicted molar refractivity (Wildman–Crippen MR) is 112 cm³/mol. The van der Waals surface area contributed by atoms with E-state index in [2.05, 4.69) is 71.1 Å². The molecule has 0 N–H and O–H groups in total. The molecule has 1 aliphatic rings. The van der Waals surface area contributed by atoms with Crippen LogP contribution in [0.5, 0.6) is 11.5 Å². The van der Waals surface area contributed by atoms with Gasteiger partial charge in [0.1, 0.15) is 11.5 Å². The molecule has 1 aliphatic heterocycles. The van der Waals surface area contributed by atoms with Gasteiger partial charge in [0.25, 0.3) is 0 Å². The number of hydrogen-bond acceptors (Lipinski definition) is 3. The molecule has 1 aromatic heterocycles. The van der Waals surface area contributed by atoms with Gasteiger partial charge in [0, 0.05) is 37.6 Å². The molecule has 0 radical (unpaired) electrons. The Labute approximate surface area is 167 Å². The van der Waals surface area contributed by atoms with Crippen molar-refractivity contribution in [2.24, 2.45) is 0 Å². The summed E-state index contributed by atoms with van der Waals surface area (Å²) in [5.41, 5.74) is 5.18. The van der Waals surface area contributed by atoms with Crippen LogP contribution in [0.15, 0.2) is 60.8 Å². The third-order valence-electron chi connectivity index (χ3n) is 5.54. The van der Waals surface area contributed by atoms with E-state index in [0.29, 0.717) is 0 Å². The lowest BCUT2D eigenvalue weighted by molar-refractivity contribution is 0.220. The minimum Gasteiger partial charge on any atom is -0.497 e. The Bertz CT molecular complexity index is 908. The van der Waals surface area contributed by atoms with Crippen LogP contribution in [-0.4, -0.2) is 30.2 Å². The fraction of sp³-hybridized carbons (Fsp3) is 0.333. The second-order valence-corrected chi connectivity index (χ2v) is 7.48. The average Bonchev–Trinajstić information content (AvgIpc) is 3.10. The summed E-state index contributed by atoms with van der Waals surface area (Å²) >= 11 is 0. The van der Waals surface area contributed by atoms with Crippen LogP contribution < -0.4 is 9.47 Å². The Morgan fingerprint density at radius 2 is 1.64 bits per heavy atom. The molecule has 4 nitrogen and oxygen atoms in total. The summed E-state index contributed by atoms with van der Waals surface area (Å²) in [6.45, 7) is 5.08. The van der Waals surface area contributed by atoms with E-state index in [-0.39, 0.29) is 6.04 Å². The highest BCUT2D eigenvalue weighted by Gasteiger charge is 2.27. The van der Waals surface area contributed by atoms with Crippen LogP contribution >= 0.6 is 0 Å². The van der Waals surface area contributed by atoms with Crippen LogP contribution in [0, 0.1) is 6.92 Å². The van der Waals surface area contributed by atoms with E-state index < -0.39 is 0 Å². The van der Waals surface area contributed by atoms with Crippen LogP contribution in [0.3, 0.4) is 0 Å².